The zero-order chi connectivity index (χ0) is 13.8. The highest BCUT2D eigenvalue weighted by molar-refractivity contribution is 6.31. The molecule has 1 N–H and O–H groups in total. The van der Waals surface area contributed by atoms with Crippen molar-refractivity contribution in [1.82, 2.24) is 4.90 Å². The Bertz CT molecular complexity index is 459. The van der Waals surface area contributed by atoms with Crippen LogP contribution in [0.1, 0.15) is 41.6 Å². The van der Waals surface area contributed by atoms with Crippen LogP contribution in [0.3, 0.4) is 0 Å². The molecule has 1 aromatic carbocycles. The number of aliphatic hydroxyl groups excluding tert-OH is 1. The van der Waals surface area contributed by atoms with E-state index in [1.54, 1.807) is 12.1 Å². The standard InChI is InChI=1S/C15H20ClNO2/c1-11-5-6-12(16)10-14(11)15(19)17-8-3-2-4-13(17)7-9-18/h5-6,10,13,18H,2-4,7-9H2,1H3. The fourth-order valence-corrected chi connectivity index (χ4v) is 2.87. The molecule has 1 aliphatic heterocycles. The molecule has 1 unspecified atom stereocenters. The Morgan fingerprint density at radius 2 is 2.26 bits per heavy atom. The zero-order valence-corrected chi connectivity index (χ0v) is 12.0. The van der Waals surface area contributed by atoms with Crippen molar-refractivity contribution in [2.24, 2.45) is 0 Å². The van der Waals surface area contributed by atoms with E-state index in [0.717, 1.165) is 31.4 Å². The van der Waals surface area contributed by atoms with Gasteiger partial charge in [-0.15, -0.1) is 0 Å². The molecule has 3 nitrogen and oxygen atoms in total. The lowest BCUT2D eigenvalue weighted by Crippen LogP contribution is -2.44. The molecule has 1 heterocycles. The van der Waals surface area contributed by atoms with Crippen molar-refractivity contribution in [3.63, 3.8) is 0 Å². The van der Waals surface area contributed by atoms with Crippen LogP contribution < -0.4 is 0 Å². The third-order valence-electron chi connectivity index (χ3n) is 3.78. The summed E-state index contributed by atoms with van der Waals surface area (Å²) in [6.45, 7) is 2.83. The van der Waals surface area contributed by atoms with Gasteiger partial charge in [0.25, 0.3) is 5.91 Å². The minimum absolute atomic E-state index is 0.0400. The molecule has 1 aliphatic rings. The molecular weight excluding hydrogens is 262 g/mol. The average Bonchev–Trinajstić information content (AvgIpc) is 2.42. The predicted molar refractivity (Wildman–Crippen MR) is 76.6 cm³/mol. The van der Waals surface area contributed by atoms with Gasteiger partial charge in [-0.3, -0.25) is 4.79 Å². The van der Waals surface area contributed by atoms with Crippen LogP contribution in [-0.2, 0) is 0 Å². The van der Waals surface area contributed by atoms with Crippen LogP contribution in [0, 0.1) is 6.92 Å². The van der Waals surface area contributed by atoms with Gasteiger partial charge in [0.2, 0.25) is 0 Å². The minimum Gasteiger partial charge on any atom is -0.396 e. The fourth-order valence-electron chi connectivity index (χ4n) is 2.70. The molecule has 1 fully saturated rings. The van der Waals surface area contributed by atoms with Gasteiger partial charge >= 0.3 is 0 Å². The number of amides is 1. The van der Waals surface area contributed by atoms with Crippen LogP contribution in [0.4, 0.5) is 0 Å². The Labute approximate surface area is 119 Å². The molecule has 1 amide bonds. The van der Waals surface area contributed by atoms with E-state index in [1.807, 2.05) is 17.9 Å². The third kappa shape index (κ3) is 3.28. The van der Waals surface area contributed by atoms with E-state index in [9.17, 15) is 4.79 Å². The van der Waals surface area contributed by atoms with E-state index >= 15 is 0 Å². The van der Waals surface area contributed by atoms with Crippen molar-refractivity contribution >= 4 is 17.5 Å². The second-order valence-electron chi connectivity index (χ2n) is 5.12. The van der Waals surface area contributed by atoms with Gasteiger partial charge in [0.15, 0.2) is 0 Å². The Balaban J connectivity index is 2.23. The molecule has 104 valence electrons. The van der Waals surface area contributed by atoms with Gasteiger partial charge in [0.1, 0.15) is 0 Å². The van der Waals surface area contributed by atoms with Gasteiger partial charge in [0.05, 0.1) is 0 Å². The number of likely N-dealkylation sites (tertiary alicyclic amines) is 1. The van der Waals surface area contributed by atoms with Crippen molar-refractivity contribution in [1.29, 1.82) is 0 Å². The van der Waals surface area contributed by atoms with Gasteiger partial charge in [0, 0.05) is 29.8 Å². The lowest BCUT2D eigenvalue weighted by Gasteiger charge is -2.36. The van der Waals surface area contributed by atoms with Crippen molar-refractivity contribution < 1.29 is 9.90 Å². The summed E-state index contributed by atoms with van der Waals surface area (Å²) < 4.78 is 0. The van der Waals surface area contributed by atoms with Crippen LogP contribution in [0.2, 0.25) is 5.02 Å². The minimum atomic E-state index is 0.0400. The third-order valence-corrected chi connectivity index (χ3v) is 4.02. The first-order valence-corrected chi connectivity index (χ1v) is 7.19. The molecule has 0 saturated carbocycles. The summed E-state index contributed by atoms with van der Waals surface area (Å²) in [6, 6.07) is 5.57. The lowest BCUT2D eigenvalue weighted by atomic mass is 9.97. The largest absolute Gasteiger partial charge is 0.396 e. The number of aryl methyl sites for hydroxylation is 1. The van der Waals surface area contributed by atoms with Crippen LogP contribution in [0.15, 0.2) is 18.2 Å². The monoisotopic (exact) mass is 281 g/mol. The van der Waals surface area contributed by atoms with Crippen LogP contribution in [0.5, 0.6) is 0 Å². The lowest BCUT2D eigenvalue weighted by molar-refractivity contribution is 0.0574. The van der Waals surface area contributed by atoms with E-state index < -0.39 is 0 Å². The number of nitrogens with zero attached hydrogens (tertiary/aromatic N) is 1. The van der Waals surface area contributed by atoms with Crippen molar-refractivity contribution in [2.75, 3.05) is 13.2 Å². The summed E-state index contributed by atoms with van der Waals surface area (Å²) in [5.41, 5.74) is 1.63. The summed E-state index contributed by atoms with van der Waals surface area (Å²) in [4.78, 5) is 14.5. The first-order chi connectivity index (χ1) is 9.13. The van der Waals surface area contributed by atoms with E-state index in [4.69, 9.17) is 16.7 Å². The van der Waals surface area contributed by atoms with Crippen molar-refractivity contribution in [3.05, 3.63) is 34.3 Å². The molecule has 0 aromatic heterocycles. The van der Waals surface area contributed by atoms with E-state index in [2.05, 4.69) is 0 Å². The number of piperidine rings is 1. The SMILES string of the molecule is Cc1ccc(Cl)cc1C(=O)N1CCCCC1CCO. The molecule has 0 bridgehead atoms. The van der Waals surface area contributed by atoms with Gasteiger partial charge in [-0.25, -0.2) is 0 Å². The highest BCUT2D eigenvalue weighted by atomic mass is 35.5. The Kier molecular flexibility index (Phi) is 4.83. The number of carbonyl (C=O) groups excluding carboxylic acids is 1. The van der Waals surface area contributed by atoms with Crippen molar-refractivity contribution in [2.45, 2.75) is 38.6 Å². The molecule has 1 atom stereocenters. The van der Waals surface area contributed by atoms with Gasteiger partial charge in [-0.2, -0.15) is 0 Å². The normalized spacial score (nSPS) is 19.5. The molecule has 0 radical (unpaired) electrons. The van der Waals surface area contributed by atoms with E-state index in [1.165, 1.54) is 0 Å². The molecule has 0 spiro atoms. The highest BCUT2D eigenvalue weighted by Gasteiger charge is 2.27. The smallest absolute Gasteiger partial charge is 0.254 e. The van der Waals surface area contributed by atoms with Crippen LogP contribution in [-0.4, -0.2) is 35.1 Å². The number of rotatable bonds is 3. The Morgan fingerprint density at radius 3 is 3.00 bits per heavy atom. The first-order valence-electron chi connectivity index (χ1n) is 6.81. The molecule has 1 saturated heterocycles. The fraction of sp³-hybridized carbons (Fsp3) is 0.533. The number of aliphatic hydroxyl groups is 1. The van der Waals surface area contributed by atoms with Gasteiger partial charge in [-0.05, 0) is 50.3 Å². The average molecular weight is 282 g/mol. The summed E-state index contributed by atoms with van der Waals surface area (Å²) in [6.07, 6.45) is 3.80. The number of hydrogen-bond acceptors (Lipinski definition) is 2. The van der Waals surface area contributed by atoms with E-state index in [-0.39, 0.29) is 18.6 Å². The maximum Gasteiger partial charge on any atom is 0.254 e. The van der Waals surface area contributed by atoms with Crippen LogP contribution in [0.25, 0.3) is 0 Å². The van der Waals surface area contributed by atoms with Gasteiger partial charge < -0.3 is 10.0 Å². The maximum absolute atomic E-state index is 12.6. The number of benzene rings is 1. The van der Waals surface area contributed by atoms with Crippen LogP contribution >= 0.6 is 11.6 Å². The second kappa shape index (κ2) is 6.40. The number of carbonyl (C=O) groups is 1. The molecule has 4 heteroatoms. The predicted octanol–water partition coefficient (Wildman–Crippen LogP) is 3.03. The molecule has 0 aliphatic carbocycles. The summed E-state index contributed by atoms with van der Waals surface area (Å²) in [7, 11) is 0. The molecular formula is C15H20ClNO2. The maximum atomic E-state index is 12.6. The van der Waals surface area contributed by atoms with Crippen molar-refractivity contribution in [3.8, 4) is 0 Å². The van der Waals surface area contributed by atoms with E-state index in [0.29, 0.717) is 17.0 Å². The quantitative estimate of drug-likeness (QED) is 0.925. The number of hydrogen-bond donors (Lipinski definition) is 1. The Hall–Kier alpha value is -1.06. The highest BCUT2D eigenvalue weighted by Crippen LogP contribution is 2.24. The Morgan fingerprint density at radius 1 is 1.47 bits per heavy atom. The number of halogens is 1. The molecule has 19 heavy (non-hydrogen) atoms. The second-order valence-corrected chi connectivity index (χ2v) is 5.56. The summed E-state index contributed by atoms with van der Waals surface area (Å²) in [5.74, 6) is 0.0400. The zero-order valence-electron chi connectivity index (χ0n) is 11.2. The molecule has 2 rings (SSSR count). The molecule has 1 aromatic rings. The topological polar surface area (TPSA) is 40.5 Å². The summed E-state index contributed by atoms with van der Waals surface area (Å²) >= 11 is 5.99. The first kappa shape index (κ1) is 14.4. The van der Waals surface area contributed by atoms with Gasteiger partial charge in [-0.1, -0.05) is 17.7 Å². The summed E-state index contributed by atoms with van der Waals surface area (Å²) in [5, 5.41) is 9.72.